The van der Waals surface area contributed by atoms with Crippen molar-refractivity contribution in [2.24, 2.45) is 0 Å². The first-order valence-corrected chi connectivity index (χ1v) is 6.57. The summed E-state index contributed by atoms with van der Waals surface area (Å²) in [7, 11) is 0. The Morgan fingerprint density at radius 1 is 1.50 bits per heavy atom. The molecule has 18 heavy (non-hydrogen) atoms. The summed E-state index contributed by atoms with van der Waals surface area (Å²) < 4.78 is 19.4. The number of nitrogens with two attached hydrogens (primary N) is 1. The van der Waals surface area contributed by atoms with Crippen molar-refractivity contribution >= 4 is 5.69 Å². The number of nitrogen functional groups attached to an aromatic ring is 1. The minimum atomic E-state index is -0.214. The summed E-state index contributed by atoms with van der Waals surface area (Å²) >= 11 is 0. The number of ether oxygens (including phenoxy) is 1. The maximum atomic E-state index is 13.7. The van der Waals surface area contributed by atoms with E-state index in [1.54, 1.807) is 12.1 Å². The Morgan fingerprint density at radius 2 is 2.33 bits per heavy atom. The summed E-state index contributed by atoms with van der Waals surface area (Å²) in [4.78, 5) is 2.25. The largest absolute Gasteiger partial charge is 0.399 e. The van der Waals surface area contributed by atoms with E-state index in [4.69, 9.17) is 10.5 Å². The van der Waals surface area contributed by atoms with Gasteiger partial charge in [-0.15, -0.1) is 0 Å². The second-order valence-electron chi connectivity index (χ2n) is 4.81. The fourth-order valence-corrected chi connectivity index (χ4v) is 2.46. The van der Waals surface area contributed by atoms with Gasteiger partial charge in [0, 0.05) is 30.9 Å². The molecule has 100 valence electrons. The van der Waals surface area contributed by atoms with Crippen molar-refractivity contribution in [3.05, 3.63) is 29.6 Å². The normalized spacial score (nSPS) is 21.1. The Kier molecular flexibility index (Phi) is 4.55. The molecule has 2 rings (SSSR count). The van der Waals surface area contributed by atoms with E-state index in [9.17, 15) is 4.39 Å². The van der Waals surface area contributed by atoms with E-state index in [1.165, 1.54) is 6.07 Å². The second kappa shape index (κ2) is 6.16. The Bertz CT molecular complexity index is 395. The van der Waals surface area contributed by atoms with E-state index in [0.717, 1.165) is 32.5 Å². The van der Waals surface area contributed by atoms with Crippen LogP contribution in [-0.4, -0.2) is 30.7 Å². The van der Waals surface area contributed by atoms with Gasteiger partial charge in [-0.3, -0.25) is 4.90 Å². The minimum absolute atomic E-state index is 0.214. The molecule has 1 heterocycles. The maximum absolute atomic E-state index is 13.7. The molecular formula is C14H21FN2O. The monoisotopic (exact) mass is 252 g/mol. The first-order valence-electron chi connectivity index (χ1n) is 6.57. The molecule has 0 radical (unpaired) electrons. The van der Waals surface area contributed by atoms with Crippen LogP contribution in [-0.2, 0) is 11.3 Å². The average Bonchev–Trinajstić information content (AvgIpc) is 2.34. The predicted octanol–water partition coefficient (Wildman–Crippen LogP) is 2.41. The lowest BCUT2D eigenvalue weighted by molar-refractivity contribution is 0.00337. The van der Waals surface area contributed by atoms with E-state index in [0.29, 0.717) is 23.9 Å². The Hall–Kier alpha value is -1.13. The number of halogens is 1. The lowest BCUT2D eigenvalue weighted by Gasteiger charge is -2.32. The molecule has 0 spiro atoms. The molecule has 0 aliphatic carbocycles. The Balaban J connectivity index is 1.96. The zero-order valence-corrected chi connectivity index (χ0v) is 10.9. The molecule has 0 bridgehead atoms. The molecule has 1 fully saturated rings. The lowest BCUT2D eigenvalue weighted by atomic mass is 10.1. The summed E-state index contributed by atoms with van der Waals surface area (Å²) in [6, 6.07) is 4.91. The fourth-order valence-electron chi connectivity index (χ4n) is 2.46. The number of rotatable bonds is 4. The van der Waals surface area contributed by atoms with Crippen LogP contribution in [0.4, 0.5) is 10.1 Å². The van der Waals surface area contributed by atoms with Crippen molar-refractivity contribution in [1.29, 1.82) is 0 Å². The number of benzene rings is 1. The molecule has 0 amide bonds. The molecule has 1 aliphatic rings. The second-order valence-corrected chi connectivity index (χ2v) is 4.81. The molecule has 1 saturated heterocycles. The third-order valence-corrected chi connectivity index (χ3v) is 3.34. The topological polar surface area (TPSA) is 38.5 Å². The molecule has 0 aromatic heterocycles. The van der Waals surface area contributed by atoms with E-state index in [-0.39, 0.29) is 5.82 Å². The summed E-state index contributed by atoms with van der Waals surface area (Å²) in [5.74, 6) is -0.214. The van der Waals surface area contributed by atoms with Crippen LogP contribution in [0, 0.1) is 5.82 Å². The van der Waals surface area contributed by atoms with Crippen LogP contribution in [0.15, 0.2) is 18.2 Å². The van der Waals surface area contributed by atoms with E-state index in [2.05, 4.69) is 4.90 Å². The van der Waals surface area contributed by atoms with Crippen LogP contribution < -0.4 is 5.73 Å². The van der Waals surface area contributed by atoms with Gasteiger partial charge in [0.25, 0.3) is 0 Å². The van der Waals surface area contributed by atoms with E-state index in [1.807, 2.05) is 6.92 Å². The Labute approximate surface area is 108 Å². The van der Waals surface area contributed by atoms with Gasteiger partial charge in [-0.1, -0.05) is 6.07 Å². The molecule has 4 heteroatoms. The Morgan fingerprint density at radius 3 is 3.06 bits per heavy atom. The smallest absolute Gasteiger partial charge is 0.129 e. The highest BCUT2D eigenvalue weighted by Crippen LogP contribution is 2.18. The summed E-state index contributed by atoms with van der Waals surface area (Å²) in [5, 5.41) is 0. The highest BCUT2D eigenvalue weighted by atomic mass is 19.1. The molecule has 1 aromatic rings. The van der Waals surface area contributed by atoms with E-state index < -0.39 is 0 Å². The standard InChI is InChI=1S/C14H21FN2O/c1-2-18-13-4-3-7-17(10-13)9-11-5-6-12(16)8-14(11)15/h5-6,8,13H,2-4,7,9-10,16H2,1H3. The van der Waals surface area contributed by atoms with Gasteiger partial charge in [-0.25, -0.2) is 4.39 Å². The zero-order chi connectivity index (χ0) is 13.0. The summed E-state index contributed by atoms with van der Waals surface area (Å²) in [5.41, 5.74) is 6.73. The first-order chi connectivity index (χ1) is 8.69. The van der Waals surface area contributed by atoms with Gasteiger partial charge in [0.15, 0.2) is 0 Å². The van der Waals surface area contributed by atoms with Gasteiger partial charge >= 0.3 is 0 Å². The SMILES string of the molecule is CCOC1CCCN(Cc2ccc(N)cc2F)C1. The molecule has 3 nitrogen and oxygen atoms in total. The van der Waals surface area contributed by atoms with Crippen molar-refractivity contribution in [3.8, 4) is 0 Å². The van der Waals surface area contributed by atoms with Gasteiger partial charge in [0.1, 0.15) is 5.82 Å². The van der Waals surface area contributed by atoms with Gasteiger partial charge in [-0.05, 0) is 38.4 Å². The van der Waals surface area contributed by atoms with Crippen LogP contribution >= 0.6 is 0 Å². The molecule has 1 unspecified atom stereocenters. The molecular weight excluding hydrogens is 231 g/mol. The number of nitrogens with zero attached hydrogens (tertiary/aromatic N) is 1. The fraction of sp³-hybridized carbons (Fsp3) is 0.571. The summed E-state index contributed by atoms with van der Waals surface area (Å²) in [6.07, 6.45) is 2.51. The van der Waals surface area contributed by atoms with Crippen molar-refractivity contribution in [1.82, 2.24) is 4.90 Å². The van der Waals surface area contributed by atoms with Crippen molar-refractivity contribution < 1.29 is 9.13 Å². The molecule has 1 aliphatic heterocycles. The quantitative estimate of drug-likeness (QED) is 0.836. The van der Waals surface area contributed by atoms with Gasteiger partial charge < -0.3 is 10.5 Å². The number of hydrogen-bond donors (Lipinski definition) is 1. The van der Waals surface area contributed by atoms with Crippen LogP contribution in [0.2, 0.25) is 0 Å². The van der Waals surface area contributed by atoms with Crippen molar-refractivity contribution in [2.45, 2.75) is 32.4 Å². The first kappa shape index (κ1) is 13.3. The predicted molar refractivity (Wildman–Crippen MR) is 70.7 cm³/mol. The van der Waals surface area contributed by atoms with Crippen molar-refractivity contribution in [3.63, 3.8) is 0 Å². The van der Waals surface area contributed by atoms with E-state index >= 15 is 0 Å². The highest BCUT2D eigenvalue weighted by Gasteiger charge is 2.20. The van der Waals surface area contributed by atoms with Crippen LogP contribution in [0.5, 0.6) is 0 Å². The van der Waals surface area contributed by atoms with Crippen molar-refractivity contribution in [2.75, 3.05) is 25.4 Å². The van der Waals surface area contributed by atoms with Gasteiger partial charge in [0.2, 0.25) is 0 Å². The zero-order valence-electron chi connectivity index (χ0n) is 10.9. The minimum Gasteiger partial charge on any atom is -0.399 e. The number of likely N-dealkylation sites (tertiary alicyclic amines) is 1. The van der Waals surface area contributed by atoms with Crippen LogP contribution in [0.25, 0.3) is 0 Å². The third kappa shape index (κ3) is 3.43. The molecule has 2 N–H and O–H groups in total. The average molecular weight is 252 g/mol. The number of hydrogen-bond acceptors (Lipinski definition) is 3. The molecule has 0 saturated carbocycles. The summed E-state index contributed by atoms with van der Waals surface area (Å²) in [6.45, 7) is 5.29. The molecule has 1 atom stereocenters. The number of anilines is 1. The molecule has 1 aromatic carbocycles. The lowest BCUT2D eigenvalue weighted by Crippen LogP contribution is -2.39. The number of piperidine rings is 1. The van der Waals surface area contributed by atoms with Crippen LogP contribution in [0.3, 0.4) is 0 Å². The van der Waals surface area contributed by atoms with Gasteiger partial charge in [-0.2, -0.15) is 0 Å². The van der Waals surface area contributed by atoms with Crippen LogP contribution in [0.1, 0.15) is 25.3 Å². The van der Waals surface area contributed by atoms with Gasteiger partial charge in [0.05, 0.1) is 6.10 Å². The highest BCUT2D eigenvalue weighted by molar-refractivity contribution is 5.40. The maximum Gasteiger partial charge on any atom is 0.129 e. The third-order valence-electron chi connectivity index (χ3n) is 3.34.